The van der Waals surface area contributed by atoms with E-state index in [0.717, 1.165) is 38.2 Å². The highest BCUT2D eigenvalue weighted by atomic mass is 19.4. The predicted octanol–water partition coefficient (Wildman–Crippen LogP) is 2.66. The third kappa shape index (κ3) is 4.44. The van der Waals surface area contributed by atoms with Crippen LogP contribution in [0, 0.1) is 6.92 Å². The van der Waals surface area contributed by atoms with E-state index in [-0.39, 0.29) is 5.91 Å². The lowest BCUT2D eigenvalue weighted by Crippen LogP contribution is -2.27. The Bertz CT molecular complexity index is 697. The number of carbonyl (C=O) groups is 2. The highest BCUT2D eigenvalue weighted by molar-refractivity contribution is 5.87. The molecule has 0 radical (unpaired) electrons. The first-order chi connectivity index (χ1) is 12.1. The molecule has 1 saturated heterocycles. The van der Waals surface area contributed by atoms with Gasteiger partial charge in [0.1, 0.15) is 5.82 Å². The third-order valence-corrected chi connectivity index (χ3v) is 4.60. The van der Waals surface area contributed by atoms with E-state index in [1.54, 1.807) is 0 Å². The zero-order chi connectivity index (χ0) is 19.5. The molecule has 1 aliphatic heterocycles. The second kappa shape index (κ2) is 7.92. The van der Waals surface area contributed by atoms with Crippen molar-refractivity contribution in [2.75, 3.05) is 13.1 Å². The van der Waals surface area contributed by atoms with Crippen molar-refractivity contribution in [2.24, 2.45) is 0 Å². The molecule has 2 aliphatic rings. The Labute approximate surface area is 149 Å². The van der Waals surface area contributed by atoms with E-state index in [1.165, 1.54) is 30.3 Å². The van der Waals surface area contributed by atoms with Gasteiger partial charge in [-0.15, -0.1) is 0 Å². The van der Waals surface area contributed by atoms with Gasteiger partial charge in [0.05, 0.1) is 11.7 Å². The van der Waals surface area contributed by atoms with Crippen LogP contribution >= 0.6 is 0 Å². The first-order valence-corrected chi connectivity index (χ1v) is 8.43. The van der Waals surface area contributed by atoms with E-state index in [0.29, 0.717) is 6.04 Å². The Hall–Kier alpha value is -2.32. The van der Waals surface area contributed by atoms with Crippen molar-refractivity contribution >= 4 is 11.9 Å². The summed E-state index contributed by atoms with van der Waals surface area (Å²) in [5.74, 6) is -1.59. The summed E-state index contributed by atoms with van der Waals surface area (Å²) < 4.78 is 34.1. The van der Waals surface area contributed by atoms with Crippen LogP contribution in [-0.4, -0.2) is 50.7 Å². The van der Waals surface area contributed by atoms with Gasteiger partial charge in [0.2, 0.25) is 5.91 Å². The third-order valence-electron chi connectivity index (χ3n) is 4.60. The van der Waals surface area contributed by atoms with Crippen LogP contribution in [0.15, 0.2) is 12.7 Å². The molecule has 6 nitrogen and oxygen atoms in total. The molecule has 1 fully saturated rings. The Kier molecular flexibility index (Phi) is 6.09. The summed E-state index contributed by atoms with van der Waals surface area (Å²) in [6.45, 7) is 7.30. The summed E-state index contributed by atoms with van der Waals surface area (Å²) in [6, 6.07) is 0.401. The number of carbonyl (C=O) groups excluding carboxylic acids is 1. The fraction of sp³-hybridized carbons (Fsp3) is 0.588. The number of hydrogen-bond acceptors (Lipinski definition) is 3. The van der Waals surface area contributed by atoms with Gasteiger partial charge in [0.25, 0.3) is 0 Å². The number of hydrogen-bond donors (Lipinski definition) is 1. The Morgan fingerprint density at radius 1 is 1.31 bits per heavy atom. The number of fused-ring (bicyclic) bond motifs is 1. The molecule has 2 heterocycles. The second-order valence-corrected chi connectivity index (χ2v) is 6.36. The average molecular weight is 373 g/mol. The number of rotatable bonds is 2. The lowest BCUT2D eigenvalue weighted by molar-refractivity contribution is -0.192. The summed E-state index contributed by atoms with van der Waals surface area (Å²) in [4.78, 5) is 27.2. The summed E-state index contributed by atoms with van der Waals surface area (Å²) in [5, 5.41) is 7.12. The summed E-state index contributed by atoms with van der Waals surface area (Å²) in [7, 11) is 0. The van der Waals surface area contributed by atoms with Crippen molar-refractivity contribution in [2.45, 2.75) is 51.2 Å². The molecular formula is C17H22F3N3O3. The molecule has 0 saturated carbocycles. The van der Waals surface area contributed by atoms with Gasteiger partial charge in [0.15, 0.2) is 0 Å². The Morgan fingerprint density at radius 2 is 1.92 bits per heavy atom. The minimum Gasteiger partial charge on any atom is -0.475 e. The molecule has 0 bridgehead atoms. The molecule has 26 heavy (non-hydrogen) atoms. The molecule has 0 aromatic carbocycles. The number of aryl methyl sites for hydroxylation is 2. The van der Waals surface area contributed by atoms with Crippen molar-refractivity contribution in [3.63, 3.8) is 0 Å². The lowest BCUT2D eigenvalue weighted by atomic mass is 10.0. The van der Waals surface area contributed by atoms with Gasteiger partial charge >= 0.3 is 12.1 Å². The molecular weight excluding hydrogens is 351 g/mol. The fourth-order valence-electron chi connectivity index (χ4n) is 3.46. The number of likely N-dealkylation sites (tertiary alicyclic amines) is 1. The number of aromatic nitrogens is 2. The molecule has 144 valence electrons. The summed E-state index contributed by atoms with van der Waals surface area (Å²) in [5.41, 5.74) is 2.71. The monoisotopic (exact) mass is 373 g/mol. The Balaban J connectivity index is 0.000000298. The number of imidazole rings is 1. The number of carboxylic acid groups (broad SMARTS) is 1. The molecule has 0 spiro atoms. The van der Waals surface area contributed by atoms with Crippen molar-refractivity contribution in [1.82, 2.24) is 14.5 Å². The molecule has 1 aromatic heterocycles. The SMILES string of the molecule is C=CC(=O)N1CCC(n2c(C)nc3c2CCCC3)C1.O=C(O)C(F)(F)F. The molecule has 1 atom stereocenters. The number of alkyl halides is 3. The second-order valence-electron chi connectivity index (χ2n) is 6.36. The zero-order valence-corrected chi connectivity index (χ0v) is 14.6. The van der Waals surface area contributed by atoms with E-state index in [4.69, 9.17) is 14.9 Å². The molecule has 1 amide bonds. The largest absolute Gasteiger partial charge is 0.490 e. The van der Waals surface area contributed by atoms with E-state index < -0.39 is 12.1 Å². The van der Waals surface area contributed by atoms with Gasteiger partial charge in [-0.2, -0.15) is 13.2 Å². The van der Waals surface area contributed by atoms with Gasteiger partial charge in [-0.05, 0) is 45.1 Å². The maximum atomic E-state index is 11.7. The number of nitrogens with zero attached hydrogens (tertiary/aromatic N) is 3. The predicted molar refractivity (Wildman–Crippen MR) is 87.7 cm³/mol. The number of amides is 1. The number of aliphatic carboxylic acids is 1. The van der Waals surface area contributed by atoms with E-state index >= 15 is 0 Å². The highest BCUT2D eigenvalue weighted by Gasteiger charge is 2.38. The molecule has 1 unspecified atom stereocenters. The van der Waals surface area contributed by atoms with Gasteiger partial charge in [0, 0.05) is 18.8 Å². The van der Waals surface area contributed by atoms with Gasteiger partial charge in [-0.1, -0.05) is 6.58 Å². The summed E-state index contributed by atoms with van der Waals surface area (Å²) >= 11 is 0. The number of carboxylic acids is 1. The molecule has 1 aromatic rings. The van der Waals surface area contributed by atoms with E-state index in [2.05, 4.69) is 18.1 Å². The van der Waals surface area contributed by atoms with Gasteiger partial charge in [-0.25, -0.2) is 9.78 Å². The summed E-state index contributed by atoms with van der Waals surface area (Å²) in [6.07, 6.45) is 2.14. The van der Waals surface area contributed by atoms with Crippen LogP contribution in [0.3, 0.4) is 0 Å². The smallest absolute Gasteiger partial charge is 0.475 e. The fourth-order valence-corrected chi connectivity index (χ4v) is 3.46. The molecule has 9 heteroatoms. The van der Waals surface area contributed by atoms with Gasteiger partial charge in [-0.3, -0.25) is 4.79 Å². The van der Waals surface area contributed by atoms with Crippen LogP contribution in [0.2, 0.25) is 0 Å². The Morgan fingerprint density at radius 3 is 2.50 bits per heavy atom. The maximum Gasteiger partial charge on any atom is 0.490 e. The van der Waals surface area contributed by atoms with Crippen LogP contribution < -0.4 is 0 Å². The van der Waals surface area contributed by atoms with E-state index in [1.807, 2.05) is 4.90 Å². The topological polar surface area (TPSA) is 75.4 Å². The lowest BCUT2D eigenvalue weighted by Gasteiger charge is -2.20. The highest BCUT2D eigenvalue weighted by Crippen LogP contribution is 2.30. The minimum atomic E-state index is -5.08. The van der Waals surface area contributed by atoms with Crippen molar-refractivity contribution < 1.29 is 27.9 Å². The maximum absolute atomic E-state index is 11.7. The van der Waals surface area contributed by atoms with Crippen LogP contribution in [-0.2, 0) is 22.4 Å². The van der Waals surface area contributed by atoms with Gasteiger partial charge < -0.3 is 14.6 Å². The molecule has 3 rings (SSSR count). The zero-order valence-electron chi connectivity index (χ0n) is 14.6. The number of halogens is 3. The first-order valence-electron chi connectivity index (χ1n) is 8.43. The van der Waals surface area contributed by atoms with Crippen molar-refractivity contribution in [1.29, 1.82) is 0 Å². The van der Waals surface area contributed by atoms with Crippen LogP contribution in [0.4, 0.5) is 13.2 Å². The molecule has 1 aliphatic carbocycles. The minimum absolute atomic E-state index is 0.0501. The van der Waals surface area contributed by atoms with Crippen molar-refractivity contribution in [3.05, 3.63) is 29.9 Å². The first kappa shape index (κ1) is 20.0. The molecule has 1 N–H and O–H groups in total. The van der Waals surface area contributed by atoms with Crippen LogP contribution in [0.1, 0.15) is 42.5 Å². The van der Waals surface area contributed by atoms with Crippen LogP contribution in [0.5, 0.6) is 0 Å². The quantitative estimate of drug-likeness (QED) is 0.809. The van der Waals surface area contributed by atoms with Crippen LogP contribution in [0.25, 0.3) is 0 Å². The average Bonchev–Trinajstić information content (AvgIpc) is 3.17. The van der Waals surface area contributed by atoms with E-state index in [9.17, 15) is 18.0 Å². The standard InChI is InChI=1S/C15H21N3O.C2HF3O2/c1-3-15(19)17-9-8-12(10-17)18-11(2)16-13-6-4-5-7-14(13)18;3-2(4,5)1(6)7/h3,12H,1,4-10H2,2H3;(H,6,7). The normalized spacial score (nSPS) is 19.4. The van der Waals surface area contributed by atoms with Crippen molar-refractivity contribution in [3.8, 4) is 0 Å².